The fraction of sp³-hybridized carbons (Fsp3) is 0.316. The van der Waals surface area contributed by atoms with Crippen LogP contribution >= 0.6 is 0 Å². The molecule has 3 rings (SSSR count). The smallest absolute Gasteiger partial charge is 0.207 e. The van der Waals surface area contributed by atoms with Crippen LogP contribution in [-0.2, 0) is 14.9 Å². The van der Waals surface area contributed by atoms with Crippen LogP contribution in [0, 0.1) is 6.92 Å². The Bertz CT molecular complexity index is 860. The van der Waals surface area contributed by atoms with Crippen molar-refractivity contribution in [3.8, 4) is 11.5 Å². The molecule has 23 heavy (non-hydrogen) atoms. The first kappa shape index (κ1) is 15.4. The zero-order chi connectivity index (χ0) is 16.9. The predicted molar refractivity (Wildman–Crippen MR) is 89.9 cm³/mol. The van der Waals surface area contributed by atoms with Gasteiger partial charge in [-0.2, -0.15) is 0 Å². The summed E-state index contributed by atoms with van der Waals surface area (Å²) in [5.41, 5.74) is 1.81. The number of allylic oxidation sites excluding steroid dienone is 1. The second-order valence-electron chi connectivity index (χ2n) is 6.39. The Kier molecular flexibility index (Phi) is 3.36. The summed E-state index contributed by atoms with van der Waals surface area (Å²) in [5, 5.41) is 11.9. The number of methoxy groups -OCH3 is 2. The van der Waals surface area contributed by atoms with Gasteiger partial charge in [-0.1, -0.05) is 0 Å². The monoisotopic (exact) mass is 312 g/mol. The summed E-state index contributed by atoms with van der Waals surface area (Å²) < 4.78 is 10.8. The molecule has 0 fully saturated rings. The lowest BCUT2D eigenvalue weighted by Crippen LogP contribution is -2.34. The van der Waals surface area contributed by atoms with Crippen LogP contribution in [0.25, 0.3) is 16.8 Å². The molecule has 120 valence electrons. The number of phenols is 1. The van der Waals surface area contributed by atoms with Crippen molar-refractivity contribution >= 4 is 22.6 Å². The minimum absolute atomic E-state index is 0.0646. The number of rotatable bonds is 2. The molecule has 0 heterocycles. The van der Waals surface area contributed by atoms with Crippen molar-refractivity contribution < 1.29 is 19.4 Å². The van der Waals surface area contributed by atoms with Crippen molar-refractivity contribution in [2.24, 2.45) is 0 Å². The molecule has 4 heteroatoms. The van der Waals surface area contributed by atoms with Gasteiger partial charge in [-0.25, -0.2) is 0 Å². The minimum atomic E-state index is -0.725. The summed E-state index contributed by atoms with van der Waals surface area (Å²) in [6, 6.07) is 5.53. The van der Waals surface area contributed by atoms with Crippen LogP contribution in [0.5, 0.6) is 11.5 Å². The molecule has 0 spiro atoms. The maximum absolute atomic E-state index is 12.6. The van der Waals surface area contributed by atoms with Crippen molar-refractivity contribution in [3.63, 3.8) is 0 Å². The van der Waals surface area contributed by atoms with Crippen molar-refractivity contribution in [1.29, 1.82) is 0 Å². The van der Waals surface area contributed by atoms with E-state index < -0.39 is 5.41 Å². The molecular weight excluding hydrogens is 292 g/mol. The van der Waals surface area contributed by atoms with E-state index in [-0.39, 0.29) is 11.5 Å². The fourth-order valence-corrected chi connectivity index (χ4v) is 3.17. The molecule has 0 bridgehead atoms. The lowest BCUT2D eigenvalue weighted by Gasteiger charge is -2.31. The molecule has 0 saturated heterocycles. The molecule has 1 aliphatic rings. The molecule has 0 unspecified atom stereocenters. The van der Waals surface area contributed by atoms with Crippen molar-refractivity contribution in [1.82, 2.24) is 0 Å². The van der Waals surface area contributed by atoms with Gasteiger partial charge in [0.2, 0.25) is 5.78 Å². The summed E-state index contributed by atoms with van der Waals surface area (Å²) >= 11 is 0. The summed E-state index contributed by atoms with van der Waals surface area (Å²) in [7, 11) is 3.11. The minimum Gasteiger partial charge on any atom is -0.508 e. The third-order valence-corrected chi connectivity index (χ3v) is 4.64. The number of fused-ring (bicyclic) bond motifs is 3. The number of ketones is 1. The molecule has 4 nitrogen and oxygen atoms in total. The molecule has 1 N–H and O–H groups in total. The van der Waals surface area contributed by atoms with Gasteiger partial charge in [0.25, 0.3) is 0 Å². The van der Waals surface area contributed by atoms with E-state index in [1.807, 2.05) is 32.9 Å². The highest BCUT2D eigenvalue weighted by molar-refractivity contribution is 6.11. The molecule has 0 amide bonds. The van der Waals surface area contributed by atoms with E-state index in [2.05, 4.69) is 0 Å². The maximum Gasteiger partial charge on any atom is 0.207 e. The van der Waals surface area contributed by atoms with E-state index in [9.17, 15) is 9.90 Å². The SMILES string of the molecule is COC1=Cc2c(cc(OC)c3cc(C)c(O)cc23)C(C)(C)C1=O. The highest BCUT2D eigenvalue weighted by Crippen LogP contribution is 2.44. The van der Waals surface area contributed by atoms with E-state index in [0.29, 0.717) is 11.5 Å². The Balaban J connectivity index is 2.49. The molecular formula is C19H20O4. The second-order valence-corrected chi connectivity index (χ2v) is 6.39. The van der Waals surface area contributed by atoms with Gasteiger partial charge in [-0.3, -0.25) is 4.79 Å². The number of phenolic OH excluding ortho intramolecular Hbond substituents is 1. The van der Waals surface area contributed by atoms with Crippen LogP contribution in [0.15, 0.2) is 24.0 Å². The predicted octanol–water partition coefficient (Wildman–Crippen LogP) is 3.71. The Morgan fingerprint density at radius 2 is 1.74 bits per heavy atom. The summed E-state index contributed by atoms with van der Waals surface area (Å²) in [6.45, 7) is 5.59. The first-order valence-electron chi connectivity index (χ1n) is 7.46. The highest BCUT2D eigenvalue weighted by Gasteiger charge is 2.39. The average Bonchev–Trinajstić information content (AvgIpc) is 2.51. The number of aryl methyl sites for hydroxylation is 1. The third-order valence-electron chi connectivity index (χ3n) is 4.64. The van der Waals surface area contributed by atoms with Gasteiger partial charge < -0.3 is 14.6 Å². The van der Waals surface area contributed by atoms with Crippen LogP contribution in [-0.4, -0.2) is 25.1 Å². The van der Waals surface area contributed by atoms with Crippen LogP contribution in [0.1, 0.15) is 30.5 Å². The van der Waals surface area contributed by atoms with Crippen LogP contribution < -0.4 is 4.74 Å². The van der Waals surface area contributed by atoms with Gasteiger partial charge in [-0.05, 0) is 67.1 Å². The molecule has 2 aromatic rings. The van der Waals surface area contributed by atoms with E-state index in [0.717, 1.165) is 27.5 Å². The zero-order valence-electron chi connectivity index (χ0n) is 14.0. The molecule has 0 atom stereocenters. The van der Waals surface area contributed by atoms with Crippen molar-refractivity contribution in [3.05, 3.63) is 40.6 Å². The van der Waals surface area contributed by atoms with Gasteiger partial charge in [0.15, 0.2) is 5.76 Å². The van der Waals surface area contributed by atoms with Gasteiger partial charge in [0.05, 0.1) is 19.6 Å². The molecule has 0 radical (unpaired) electrons. The average molecular weight is 312 g/mol. The van der Waals surface area contributed by atoms with Gasteiger partial charge in [0.1, 0.15) is 11.5 Å². The van der Waals surface area contributed by atoms with Crippen molar-refractivity contribution in [2.45, 2.75) is 26.2 Å². The van der Waals surface area contributed by atoms with E-state index >= 15 is 0 Å². The molecule has 0 aliphatic heterocycles. The number of carbonyl (C=O) groups excluding carboxylic acids is 1. The normalized spacial score (nSPS) is 16.0. The summed E-state index contributed by atoms with van der Waals surface area (Å²) in [6.07, 6.45) is 1.75. The lowest BCUT2D eigenvalue weighted by molar-refractivity contribution is -0.122. The number of hydrogen-bond acceptors (Lipinski definition) is 4. The summed E-state index contributed by atoms with van der Waals surface area (Å²) in [5.74, 6) is 1.17. The van der Waals surface area contributed by atoms with E-state index in [4.69, 9.17) is 9.47 Å². The summed E-state index contributed by atoms with van der Waals surface area (Å²) in [4.78, 5) is 12.6. The second kappa shape index (κ2) is 5.01. The standard InChI is InChI=1S/C19H20O4/c1-10-6-13-11(7-15(10)20)12-8-17(23-5)18(21)19(2,3)14(12)9-16(13)22-4/h6-9,20H,1-5H3. The third kappa shape index (κ3) is 2.09. The molecule has 0 saturated carbocycles. The van der Waals surface area contributed by atoms with Gasteiger partial charge in [0, 0.05) is 5.39 Å². The quantitative estimate of drug-likeness (QED) is 0.918. The Morgan fingerprint density at radius 3 is 2.35 bits per heavy atom. The fourth-order valence-electron chi connectivity index (χ4n) is 3.17. The van der Waals surface area contributed by atoms with E-state index in [1.54, 1.807) is 19.3 Å². The number of carbonyl (C=O) groups is 1. The Labute approximate surface area is 135 Å². The number of hydrogen-bond donors (Lipinski definition) is 1. The zero-order valence-corrected chi connectivity index (χ0v) is 14.0. The van der Waals surface area contributed by atoms with Crippen LogP contribution in [0.4, 0.5) is 0 Å². The van der Waals surface area contributed by atoms with Crippen LogP contribution in [0.3, 0.4) is 0 Å². The maximum atomic E-state index is 12.6. The van der Waals surface area contributed by atoms with Gasteiger partial charge >= 0.3 is 0 Å². The highest BCUT2D eigenvalue weighted by atomic mass is 16.5. The Morgan fingerprint density at radius 1 is 1.04 bits per heavy atom. The van der Waals surface area contributed by atoms with Crippen LogP contribution in [0.2, 0.25) is 0 Å². The van der Waals surface area contributed by atoms with E-state index in [1.165, 1.54) is 7.11 Å². The number of aromatic hydroxyl groups is 1. The number of ether oxygens (including phenoxy) is 2. The number of Topliss-reactive ketones (excluding diaryl/α,β-unsaturated/α-hetero) is 1. The molecule has 0 aromatic heterocycles. The topological polar surface area (TPSA) is 55.8 Å². The first-order chi connectivity index (χ1) is 10.8. The van der Waals surface area contributed by atoms with Crippen molar-refractivity contribution in [2.75, 3.05) is 14.2 Å². The largest absolute Gasteiger partial charge is 0.508 e. The first-order valence-corrected chi connectivity index (χ1v) is 7.46. The molecule has 1 aliphatic carbocycles. The Hall–Kier alpha value is -2.49. The molecule has 2 aromatic carbocycles. The van der Waals surface area contributed by atoms with Gasteiger partial charge in [-0.15, -0.1) is 0 Å². The number of benzene rings is 2. The lowest BCUT2D eigenvalue weighted by atomic mass is 9.72.